The first-order valence-electron chi connectivity index (χ1n) is 21.2. The first kappa shape index (κ1) is 53.1. The monoisotopic (exact) mass is 962 g/mol. The van der Waals surface area contributed by atoms with Crippen LogP contribution in [0.4, 0.5) is 26.7 Å². The van der Waals surface area contributed by atoms with Crippen molar-refractivity contribution in [3.63, 3.8) is 0 Å². The van der Waals surface area contributed by atoms with Crippen LogP contribution in [-0.2, 0) is 59.0 Å². The smallest absolute Gasteiger partial charge is 0.412 e. The SMILES string of the molecule is C=CCOC(=O)CC[C@H](NC(=O)Nc1ccc(COC(=O)Nc2ccccc2N(CCOS(=O)(=O)c2c(C)cc(C)cc2C)CCOS(=O)(=O)c2c(C)cc(C)cc2C)cc1)C(=O)OCC=C. The highest BCUT2D eigenvalue weighted by Gasteiger charge is 2.26. The van der Waals surface area contributed by atoms with Crippen LogP contribution in [0, 0.1) is 41.5 Å². The van der Waals surface area contributed by atoms with Crippen molar-refractivity contribution in [2.75, 3.05) is 55.1 Å². The molecule has 0 saturated carbocycles. The van der Waals surface area contributed by atoms with Gasteiger partial charge in [-0.2, -0.15) is 16.8 Å². The topological polar surface area (TPSA) is 222 Å². The zero-order valence-corrected chi connectivity index (χ0v) is 40.1. The fraction of sp³-hybridized carbons (Fsp3) is 0.333. The number of carbonyl (C=O) groups excluding carboxylic acids is 4. The summed E-state index contributed by atoms with van der Waals surface area (Å²) in [5.74, 6) is -1.35. The van der Waals surface area contributed by atoms with Crippen molar-refractivity contribution in [2.45, 2.75) is 76.8 Å². The molecule has 0 radical (unpaired) electrons. The van der Waals surface area contributed by atoms with Gasteiger partial charge in [-0.1, -0.05) is 85.0 Å². The number of ether oxygens (including phenoxy) is 3. The van der Waals surface area contributed by atoms with Gasteiger partial charge in [-0.15, -0.1) is 0 Å². The third-order valence-electron chi connectivity index (χ3n) is 9.90. The molecule has 0 fully saturated rings. The van der Waals surface area contributed by atoms with E-state index in [1.807, 2.05) is 13.8 Å². The van der Waals surface area contributed by atoms with Gasteiger partial charge in [-0.3, -0.25) is 18.5 Å². The lowest BCUT2D eigenvalue weighted by Gasteiger charge is -2.27. The second-order valence-corrected chi connectivity index (χ2v) is 18.6. The Kier molecular flexibility index (Phi) is 19.7. The van der Waals surface area contributed by atoms with Gasteiger partial charge in [0.15, 0.2) is 0 Å². The molecule has 0 aliphatic heterocycles. The number of hydrogen-bond acceptors (Lipinski definition) is 14. The van der Waals surface area contributed by atoms with Crippen LogP contribution in [0.5, 0.6) is 0 Å². The van der Waals surface area contributed by atoms with E-state index in [1.54, 1.807) is 105 Å². The number of rotatable bonds is 24. The van der Waals surface area contributed by atoms with E-state index in [2.05, 4.69) is 29.1 Å². The van der Waals surface area contributed by atoms with Crippen LogP contribution in [0.2, 0.25) is 0 Å². The van der Waals surface area contributed by atoms with E-state index in [9.17, 15) is 36.0 Å². The molecule has 4 aromatic rings. The summed E-state index contributed by atoms with van der Waals surface area (Å²) in [6.07, 6.45) is 1.68. The number of anilines is 3. The minimum atomic E-state index is -4.20. The molecule has 0 bridgehead atoms. The van der Waals surface area contributed by atoms with Crippen molar-refractivity contribution in [2.24, 2.45) is 0 Å². The molecule has 4 rings (SSSR count). The van der Waals surface area contributed by atoms with Crippen molar-refractivity contribution < 1.29 is 58.6 Å². The number of aryl methyl sites for hydroxylation is 6. The van der Waals surface area contributed by atoms with Gasteiger partial charge >= 0.3 is 24.1 Å². The maximum Gasteiger partial charge on any atom is 0.412 e. The molecule has 360 valence electrons. The highest BCUT2D eigenvalue weighted by molar-refractivity contribution is 7.87. The van der Waals surface area contributed by atoms with Crippen molar-refractivity contribution in [3.8, 4) is 0 Å². The molecule has 3 N–H and O–H groups in total. The summed E-state index contributed by atoms with van der Waals surface area (Å²) in [5.41, 5.74) is 5.48. The summed E-state index contributed by atoms with van der Waals surface area (Å²) < 4.78 is 80.3. The van der Waals surface area contributed by atoms with Crippen molar-refractivity contribution >= 4 is 61.4 Å². The molecule has 0 heterocycles. The molecule has 19 heteroatoms. The number of esters is 2. The van der Waals surface area contributed by atoms with Crippen molar-refractivity contribution in [1.29, 1.82) is 0 Å². The first-order chi connectivity index (χ1) is 31.7. The molecule has 0 aromatic heterocycles. The van der Waals surface area contributed by atoms with E-state index in [-0.39, 0.29) is 74.4 Å². The number of carbonyl (C=O) groups is 4. The standard InChI is InChI=1S/C48H58N4O13S2/c1-9-23-61-43(53)20-19-41(46(54)62-24-10-2)50-47(55)49-39-17-15-38(16-18-39)31-63-48(56)51-40-13-11-12-14-42(40)52(21-25-64-66(57,58)44-34(5)27-32(3)28-35(44)6)22-26-65-67(59,60)45-36(7)29-33(4)30-37(45)8/h9-18,27-30,41H,1-2,19-26,31H2,3-8H3,(H,51,56)(H2,49,50,55)/t41-/m0/s1. The molecule has 17 nitrogen and oxygen atoms in total. The summed E-state index contributed by atoms with van der Waals surface area (Å²) >= 11 is 0. The zero-order valence-electron chi connectivity index (χ0n) is 38.5. The highest BCUT2D eigenvalue weighted by Crippen LogP contribution is 2.29. The van der Waals surface area contributed by atoms with Crippen LogP contribution in [0.15, 0.2) is 108 Å². The fourth-order valence-electron chi connectivity index (χ4n) is 7.24. The largest absolute Gasteiger partial charge is 0.461 e. The summed E-state index contributed by atoms with van der Waals surface area (Å²) in [6, 6.07) is 18.0. The summed E-state index contributed by atoms with van der Waals surface area (Å²) in [6.45, 7) is 16.4. The Morgan fingerprint density at radius 2 is 1.18 bits per heavy atom. The van der Waals surface area contributed by atoms with Gasteiger partial charge in [-0.25, -0.2) is 14.4 Å². The van der Waals surface area contributed by atoms with Crippen LogP contribution in [0.25, 0.3) is 0 Å². The number of urea groups is 1. The molecule has 0 unspecified atom stereocenters. The minimum absolute atomic E-state index is 0.00295. The van der Waals surface area contributed by atoms with E-state index in [1.165, 1.54) is 12.2 Å². The van der Waals surface area contributed by atoms with Gasteiger partial charge in [0.05, 0.1) is 34.4 Å². The van der Waals surface area contributed by atoms with Crippen LogP contribution < -0.4 is 20.9 Å². The molecule has 0 aliphatic carbocycles. The third-order valence-corrected chi connectivity index (χ3v) is 13.1. The molecule has 0 saturated heterocycles. The molecule has 1 atom stereocenters. The summed E-state index contributed by atoms with van der Waals surface area (Å²) in [7, 11) is -8.41. The quantitative estimate of drug-likeness (QED) is 0.0266. The van der Waals surface area contributed by atoms with Crippen molar-refractivity contribution in [1.82, 2.24) is 5.32 Å². The number of nitrogens with zero attached hydrogens (tertiary/aromatic N) is 1. The molecule has 0 aliphatic rings. The minimum Gasteiger partial charge on any atom is -0.461 e. The van der Waals surface area contributed by atoms with E-state index in [4.69, 9.17) is 22.6 Å². The van der Waals surface area contributed by atoms with E-state index >= 15 is 0 Å². The molecule has 3 amide bonds. The van der Waals surface area contributed by atoms with Crippen LogP contribution >= 0.6 is 0 Å². The van der Waals surface area contributed by atoms with E-state index in [0.717, 1.165) is 11.1 Å². The first-order valence-corrected chi connectivity index (χ1v) is 24.0. The Hall–Kier alpha value is -6.54. The maximum absolute atomic E-state index is 13.4. The normalized spacial score (nSPS) is 11.7. The molecule has 4 aromatic carbocycles. The fourth-order valence-corrected chi connectivity index (χ4v) is 9.88. The molecular weight excluding hydrogens is 905 g/mol. The summed E-state index contributed by atoms with van der Waals surface area (Å²) in [4.78, 5) is 52.4. The lowest BCUT2D eigenvalue weighted by Crippen LogP contribution is -2.44. The number of benzene rings is 4. The van der Waals surface area contributed by atoms with Gasteiger partial charge in [0, 0.05) is 25.2 Å². The predicted octanol–water partition coefficient (Wildman–Crippen LogP) is 7.63. The Morgan fingerprint density at radius 3 is 1.70 bits per heavy atom. The Labute approximate surface area is 392 Å². The highest BCUT2D eigenvalue weighted by atomic mass is 32.2. The average molecular weight is 963 g/mol. The Bertz CT molecular complexity index is 2510. The predicted molar refractivity (Wildman–Crippen MR) is 254 cm³/mol. The van der Waals surface area contributed by atoms with Crippen LogP contribution in [0.1, 0.15) is 51.8 Å². The number of nitrogens with one attached hydrogen (secondary N) is 3. The maximum atomic E-state index is 13.4. The van der Waals surface area contributed by atoms with Crippen molar-refractivity contribution in [3.05, 3.63) is 137 Å². The van der Waals surface area contributed by atoms with Gasteiger partial charge in [0.2, 0.25) is 0 Å². The molecule has 67 heavy (non-hydrogen) atoms. The second kappa shape index (κ2) is 24.8. The van der Waals surface area contributed by atoms with Gasteiger partial charge < -0.3 is 29.7 Å². The van der Waals surface area contributed by atoms with Gasteiger partial charge in [-0.05, 0) is 100 Å². The number of amides is 3. The van der Waals surface area contributed by atoms with Gasteiger partial charge in [0.1, 0.15) is 25.9 Å². The number of para-hydroxylation sites is 2. The van der Waals surface area contributed by atoms with Crippen LogP contribution in [0.3, 0.4) is 0 Å². The lowest BCUT2D eigenvalue weighted by atomic mass is 10.1. The van der Waals surface area contributed by atoms with E-state index < -0.39 is 50.3 Å². The summed E-state index contributed by atoms with van der Waals surface area (Å²) in [5, 5.41) is 7.81. The third kappa shape index (κ3) is 16.1. The van der Waals surface area contributed by atoms with Gasteiger partial charge in [0.25, 0.3) is 20.2 Å². The second-order valence-electron chi connectivity index (χ2n) is 15.5. The number of hydrogen-bond donors (Lipinski definition) is 3. The molecule has 0 spiro atoms. The average Bonchev–Trinajstić information content (AvgIpc) is 3.24. The zero-order chi connectivity index (χ0) is 49.3. The lowest BCUT2D eigenvalue weighted by molar-refractivity contribution is -0.146. The van der Waals surface area contributed by atoms with E-state index in [0.29, 0.717) is 39.2 Å². The van der Waals surface area contributed by atoms with Crippen LogP contribution in [-0.4, -0.2) is 86.5 Å². The Morgan fingerprint density at radius 1 is 0.672 bits per heavy atom. The molecular formula is C48H58N4O13S2. The Balaban J connectivity index is 1.43.